The maximum Gasteiger partial charge on any atom is 0.251 e. The Kier molecular flexibility index (Phi) is 5.90. The molecule has 168 valence electrons. The second-order valence-corrected chi connectivity index (χ2v) is 7.70. The maximum absolute atomic E-state index is 12.8. The van der Waals surface area contributed by atoms with Crippen LogP contribution in [-0.4, -0.2) is 27.6 Å². The number of carbonyl (C=O) groups is 1. The van der Waals surface area contributed by atoms with Crippen LogP contribution >= 0.6 is 0 Å². The molecular weight excluding hydrogens is 426 g/mol. The summed E-state index contributed by atoms with van der Waals surface area (Å²) in [4.78, 5) is 17.5. The lowest BCUT2D eigenvalue weighted by molar-refractivity contribution is 0.0951. The van der Waals surface area contributed by atoms with Crippen LogP contribution in [-0.2, 0) is 6.54 Å². The summed E-state index contributed by atoms with van der Waals surface area (Å²) in [5.41, 5.74) is 4.86. The number of methoxy groups -OCH3 is 1. The van der Waals surface area contributed by atoms with Crippen LogP contribution in [0.2, 0.25) is 0 Å². The number of pyridine rings is 1. The van der Waals surface area contributed by atoms with Crippen molar-refractivity contribution in [2.75, 3.05) is 12.4 Å². The number of para-hydroxylation sites is 2. The smallest absolute Gasteiger partial charge is 0.251 e. The fourth-order valence-electron chi connectivity index (χ4n) is 3.76. The molecule has 2 heterocycles. The number of aromatic nitrogens is 3. The Balaban J connectivity index is 1.41. The molecule has 0 atom stereocenters. The predicted octanol–water partition coefficient (Wildman–Crippen LogP) is 5.08. The van der Waals surface area contributed by atoms with Gasteiger partial charge in [0.05, 0.1) is 12.8 Å². The van der Waals surface area contributed by atoms with Gasteiger partial charge in [-0.05, 0) is 47.5 Å². The third kappa shape index (κ3) is 4.45. The van der Waals surface area contributed by atoms with E-state index in [4.69, 9.17) is 9.72 Å². The zero-order chi connectivity index (χ0) is 23.3. The van der Waals surface area contributed by atoms with Gasteiger partial charge in [0.1, 0.15) is 5.75 Å². The van der Waals surface area contributed by atoms with Gasteiger partial charge >= 0.3 is 0 Å². The first-order valence-corrected chi connectivity index (χ1v) is 10.9. The van der Waals surface area contributed by atoms with Crippen LogP contribution < -0.4 is 15.4 Å². The highest BCUT2D eigenvalue weighted by Crippen LogP contribution is 2.28. The van der Waals surface area contributed by atoms with Crippen molar-refractivity contribution in [1.82, 2.24) is 19.9 Å². The minimum atomic E-state index is -0.127. The van der Waals surface area contributed by atoms with Crippen molar-refractivity contribution < 1.29 is 9.53 Å². The van der Waals surface area contributed by atoms with E-state index in [1.165, 1.54) is 0 Å². The van der Waals surface area contributed by atoms with E-state index in [1.54, 1.807) is 11.6 Å². The fraction of sp³-hybridized carbons (Fsp3) is 0.0741. The molecule has 0 aliphatic rings. The van der Waals surface area contributed by atoms with Crippen LogP contribution in [0.3, 0.4) is 0 Å². The van der Waals surface area contributed by atoms with Crippen LogP contribution in [0.5, 0.6) is 5.75 Å². The van der Waals surface area contributed by atoms with Gasteiger partial charge in [-0.25, -0.2) is 4.52 Å². The Labute approximate surface area is 197 Å². The number of benzene rings is 3. The zero-order valence-corrected chi connectivity index (χ0v) is 18.6. The minimum Gasteiger partial charge on any atom is -0.495 e. The third-order valence-corrected chi connectivity index (χ3v) is 5.45. The van der Waals surface area contributed by atoms with Crippen molar-refractivity contribution in [3.63, 3.8) is 0 Å². The molecule has 0 fully saturated rings. The van der Waals surface area contributed by atoms with E-state index in [-0.39, 0.29) is 5.91 Å². The van der Waals surface area contributed by atoms with Gasteiger partial charge in [-0.1, -0.05) is 54.6 Å². The van der Waals surface area contributed by atoms with Crippen molar-refractivity contribution in [3.05, 3.63) is 108 Å². The Bertz CT molecular complexity index is 1450. The number of nitrogens with one attached hydrogen (secondary N) is 2. The van der Waals surface area contributed by atoms with E-state index in [9.17, 15) is 4.79 Å². The van der Waals surface area contributed by atoms with Crippen LogP contribution in [0.1, 0.15) is 15.9 Å². The summed E-state index contributed by atoms with van der Waals surface area (Å²) in [6.45, 7) is 0.474. The van der Waals surface area contributed by atoms with Crippen LogP contribution in [0.15, 0.2) is 97.2 Å². The summed E-state index contributed by atoms with van der Waals surface area (Å²) >= 11 is 0. The second-order valence-electron chi connectivity index (χ2n) is 7.70. The number of amides is 1. The van der Waals surface area contributed by atoms with Gasteiger partial charge in [-0.2, -0.15) is 4.98 Å². The molecule has 0 radical (unpaired) electrons. The van der Waals surface area contributed by atoms with Gasteiger partial charge in [0.25, 0.3) is 5.91 Å². The summed E-state index contributed by atoms with van der Waals surface area (Å²) in [7, 11) is 1.62. The number of nitrogens with zero attached hydrogens (tertiary/aromatic N) is 3. The Morgan fingerprint density at radius 2 is 1.76 bits per heavy atom. The highest BCUT2D eigenvalue weighted by Gasteiger charge is 2.13. The maximum atomic E-state index is 12.8. The molecular formula is C27H23N5O2. The number of ether oxygens (including phenoxy) is 1. The average Bonchev–Trinajstić information content (AvgIpc) is 3.31. The number of carbonyl (C=O) groups excluding carboxylic acids is 1. The van der Waals surface area contributed by atoms with Crippen molar-refractivity contribution in [2.24, 2.45) is 0 Å². The summed E-state index contributed by atoms with van der Waals surface area (Å²) in [5.74, 6) is 1.03. The molecule has 7 heteroatoms. The first-order chi connectivity index (χ1) is 16.7. The molecule has 7 nitrogen and oxygen atoms in total. The molecule has 0 spiro atoms. The van der Waals surface area contributed by atoms with Crippen molar-refractivity contribution in [1.29, 1.82) is 0 Å². The van der Waals surface area contributed by atoms with Gasteiger partial charge in [-0.15, -0.1) is 5.10 Å². The van der Waals surface area contributed by atoms with Gasteiger partial charge in [0.15, 0.2) is 5.65 Å². The zero-order valence-electron chi connectivity index (χ0n) is 18.6. The number of fused-ring (bicyclic) bond motifs is 1. The molecule has 0 unspecified atom stereocenters. The first kappa shape index (κ1) is 21.2. The largest absolute Gasteiger partial charge is 0.495 e. The van der Waals surface area contributed by atoms with Crippen molar-refractivity contribution in [3.8, 4) is 16.9 Å². The lowest BCUT2D eigenvalue weighted by atomic mass is 10.0. The van der Waals surface area contributed by atoms with Gasteiger partial charge in [0, 0.05) is 23.9 Å². The number of anilines is 2. The Morgan fingerprint density at radius 1 is 0.941 bits per heavy atom. The molecule has 0 aliphatic carbocycles. The summed E-state index contributed by atoms with van der Waals surface area (Å²) in [6, 6.07) is 28.8. The van der Waals surface area contributed by atoms with E-state index >= 15 is 0 Å². The molecule has 0 saturated carbocycles. The highest BCUT2D eigenvalue weighted by molar-refractivity contribution is 5.96. The molecule has 2 aromatic heterocycles. The lowest BCUT2D eigenvalue weighted by Gasteiger charge is -2.08. The Hall–Kier alpha value is -4.65. The number of rotatable bonds is 7. The molecule has 0 bridgehead atoms. The molecule has 5 rings (SSSR count). The molecule has 5 aromatic rings. The van der Waals surface area contributed by atoms with E-state index in [0.29, 0.717) is 29.5 Å². The van der Waals surface area contributed by atoms with Gasteiger partial charge in [0.2, 0.25) is 5.95 Å². The quantitative estimate of drug-likeness (QED) is 0.362. The molecule has 2 N–H and O–H groups in total. The van der Waals surface area contributed by atoms with Crippen molar-refractivity contribution in [2.45, 2.75) is 6.54 Å². The van der Waals surface area contributed by atoms with E-state index < -0.39 is 0 Å². The third-order valence-electron chi connectivity index (χ3n) is 5.45. The predicted molar refractivity (Wildman–Crippen MR) is 132 cm³/mol. The van der Waals surface area contributed by atoms with Crippen molar-refractivity contribution >= 4 is 23.2 Å². The average molecular weight is 450 g/mol. The molecule has 1 amide bonds. The van der Waals surface area contributed by atoms with E-state index in [1.807, 2.05) is 97.2 Å². The molecule has 0 aliphatic heterocycles. The van der Waals surface area contributed by atoms with Crippen LogP contribution in [0.25, 0.3) is 16.8 Å². The molecule has 0 saturated heterocycles. The minimum absolute atomic E-state index is 0.127. The fourth-order valence-corrected chi connectivity index (χ4v) is 3.76. The molecule has 34 heavy (non-hydrogen) atoms. The second kappa shape index (κ2) is 9.46. The highest BCUT2D eigenvalue weighted by atomic mass is 16.5. The van der Waals surface area contributed by atoms with E-state index in [0.717, 1.165) is 22.4 Å². The SMILES string of the molecule is COc1ccccc1Nc1nc2c(-c3cccc(C(=O)NCc4ccccc4)c3)cccn2n1. The monoisotopic (exact) mass is 449 g/mol. The molecule has 3 aromatic carbocycles. The summed E-state index contributed by atoms with van der Waals surface area (Å²) < 4.78 is 7.12. The summed E-state index contributed by atoms with van der Waals surface area (Å²) in [5, 5.41) is 10.8. The lowest BCUT2D eigenvalue weighted by Crippen LogP contribution is -2.22. The number of hydrogen-bond donors (Lipinski definition) is 2. The standard InChI is InChI=1S/C27H23N5O2/c1-34-24-15-6-5-14-23(24)29-27-30-25-22(13-8-16-32(25)31-27)20-11-7-12-21(17-20)26(33)28-18-19-9-3-2-4-10-19/h2-17H,18H2,1H3,(H,28,33)(H,29,31). The summed E-state index contributed by atoms with van der Waals surface area (Å²) in [6.07, 6.45) is 1.84. The van der Waals surface area contributed by atoms with Crippen LogP contribution in [0, 0.1) is 0 Å². The van der Waals surface area contributed by atoms with Gasteiger partial charge in [-0.3, -0.25) is 4.79 Å². The Morgan fingerprint density at radius 3 is 2.62 bits per heavy atom. The van der Waals surface area contributed by atoms with Gasteiger partial charge < -0.3 is 15.4 Å². The first-order valence-electron chi connectivity index (χ1n) is 10.9. The topological polar surface area (TPSA) is 80.5 Å². The van der Waals surface area contributed by atoms with Crippen LogP contribution in [0.4, 0.5) is 11.6 Å². The normalized spacial score (nSPS) is 10.7. The van der Waals surface area contributed by atoms with E-state index in [2.05, 4.69) is 15.7 Å². The number of hydrogen-bond acceptors (Lipinski definition) is 5.